The van der Waals surface area contributed by atoms with E-state index >= 15 is 0 Å². The fraction of sp³-hybridized carbons (Fsp3) is 0.512. The molecule has 1 N–H and O–H groups in total. The Hall–Kier alpha value is -5.48. The van der Waals surface area contributed by atoms with Gasteiger partial charge in [-0.2, -0.15) is 0 Å². The van der Waals surface area contributed by atoms with Crippen molar-refractivity contribution in [1.29, 1.82) is 0 Å². The number of aliphatic hydroxyl groups is 1. The summed E-state index contributed by atoms with van der Waals surface area (Å²) in [5.41, 5.74) is -4.51. The minimum Gasteiger partial charge on any atom is -0.462 e. The van der Waals surface area contributed by atoms with Gasteiger partial charge in [0.1, 0.15) is 18.3 Å². The molecule has 3 heterocycles. The maximum Gasteiger partial charge on any atom is 0.340 e. The molecule has 3 fully saturated rings. The van der Waals surface area contributed by atoms with Gasteiger partial charge in [0.25, 0.3) is 0 Å². The molecule has 1 saturated carbocycles. The summed E-state index contributed by atoms with van der Waals surface area (Å²) < 4.78 is 42.5. The van der Waals surface area contributed by atoms with Crippen molar-refractivity contribution in [3.63, 3.8) is 0 Å². The maximum atomic E-state index is 14.7. The lowest BCUT2D eigenvalue weighted by Crippen LogP contribution is -2.66. The average Bonchev–Trinajstić information content (AvgIpc) is 3.55. The highest BCUT2D eigenvalue weighted by atomic mass is 16.7. The fourth-order valence-electron chi connectivity index (χ4n) is 8.48. The lowest BCUT2D eigenvalue weighted by molar-refractivity contribution is -0.333. The van der Waals surface area contributed by atoms with Gasteiger partial charge in [0.15, 0.2) is 29.7 Å². The molecule has 1 aromatic heterocycles. The van der Waals surface area contributed by atoms with Crippen LogP contribution in [-0.4, -0.2) is 99.7 Å². The van der Waals surface area contributed by atoms with Crippen LogP contribution in [0.25, 0.3) is 0 Å². The second-order valence-electron chi connectivity index (χ2n) is 15.3. The number of carbonyl (C=O) groups is 7. The summed E-state index contributed by atoms with van der Waals surface area (Å²) in [7, 11) is 0. The van der Waals surface area contributed by atoms with Crippen LogP contribution in [-0.2, 0) is 57.1 Å². The molecule has 3 aliphatic rings. The molecule has 1 aliphatic carbocycles. The van der Waals surface area contributed by atoms with Gasteiger partial charge in [-0.15, -0.1) is 0 Å². The summed E-state index contributed by atoms with van der Waals surface area (Å²) in [5.74, 6) is -13.1. The Bertz CT molecular complexity index is 1930. The molecule has 0 amide bonds. The van der Waals surface area contributed by atoms with Crippen LogP contribution in [0, 0.1) is 23.2 Å². The summed E-state index contributed by atoms with van der Waals surface area (Å²) >= 11 is 0. The van der Waals surface area contributed by atoms with Gasteiger partial charge in [-0.25, -0.2) is 9.59 Å². The van der Waals surface area contributed by atoms with E-state index in [-0.39, 0.29) is 23.1 Å². The molecule has 1 aromatic carbocycles. The average molecular weight is 794 g/mol. The third kappa shape index (κ3) is 7.92. The lowest BCUT2D eigenvalue weighted by Gasteiger charge is -2.49. The molecule has 2 saturated heterocycles. The third-order valence-corrected chi connectivity index (χ3v) is 10.9. The molecule has 16 heteroatoms. The van der Waals surface area contributed by atoms with E-state index in [0.29, 0.717) is 0 Å². The van der Waals surface area contributed by atoms with E-state index in [1.54, 1.807) is 25.1 Å². The number of benzene rings is 1. The number of pyridine rings is 1. The minimum atomic E-state index is -2.75. The number of ketones is 1. The highest BCUT2D eigenvalue weighted by molar-refractivity contribution is 5.91. The zero-order valence-electron chi connectivity index (χ0n) is 32.9. The molecule has 5 rings (SSSR count). The summed E-state index contributed by atoms with van der Waals surface area (Å²) in [4.78, 5) is 98.8. The normalized spacial score (nSPS) is 33.1. The topological polar surface area (TPSA) is 217 Å². The van der Waals surface area contributed by atoms with Crippen LogP contribution in [0.1, 0.15) is 82.5 Å². The van der Waals surface area contributed by atoms with Crippen molar-refractivity contribution < 1.29 is 71.8 Å². The number of ether oxygens (including phenoxy) is 7. The van der Waals surface area contributed by atoms with Crippen LogP contribution in [0.15, 0.2) is 67.0 Å². The van der Waals surface area contributed by atoms with Crippen LogP contribution in [0.4, 0.5) is 0 Å². The molecule has 16 nitrogen and oxygen atoms in total. The number of Topliss-reactive ketones (excluding diaryl/α,β-unsaturated/α-hetero) is 1. The molecule has 306 valence electrons. The van der Waals surface area contributed by atoms with Crippen LogP contribution >= 0.6 is 0 Å². The van der Waals surface area contributed by atoms with Crippen molar-refractivity contribution in [2.45, 2.75) is 110 Å². The largest absolute Gasteiger partial charge is 0.462 e. The first-order valence-electron chi connectivity index (χ1n) is 18.4. The highest BCUT2D eigenvalue weighted by Crippen LogP contribution is 2.60. The second-order valence-corrected chi connectivity index (χ2v) is 15.3. The summed E-state index contributed by atoms with van der Waals surface area (Å²) in [6, 6.07) is 10.5. The maximum absolute atomic E-state index is 14.7. The van der Waals surface area contributed by atoms with Gasteiger partial charge in [0.05, 0.1) is 23.0 Å². The van der Waals surface area contributed by atoms with Gasteiger partial charge < -0.3 is 38.3 Å². The fourth-order valence-corrected chi connectivity index (χ4v) is 8.48. The minimum absolute atomic E-state index is 0.0234. The molecule has 11 atom stereocenters. The van der Waals surface area contributed by atoms with Crippen molar-refractivity contribution >= 4 is 41.6 Å². The van der Waals surface area contributed by atoms with Crippen molar-refractivity contribution in [3.05, 3.63) is 78.1 Å². The van der Waals surface area contributed by atoms with Crippen LogP contribution in [0.3, 0.4) is 0 Å². The Morgan fingerprint density at radius 2 is 1.35 bits per heavy atom. The number of carbonyl (C=O) groups excluding carboxylic acids is 7. The first kappa shape index (κ1) is 42.7. The van der Waals surface area contributed by atoms with Crippen LogP contribution < -0.4 is 0 Å². The van der Waals surface area contributed by atoms with Gasteiger partial charge >= 0.3 is 35.8 Å². The van der Waals surface area contributed by atoms with E-state index in [1.807, 2.05) is 0 Å². The summed E-state index contributed by atoms with van der Waals surface area (Å²) in [6.45, 7) is 14.3. The third-order valence-electron chi connectivity index (χ3n) is 10.9. The second kappa shape index (κ2) is 16.2. The first-order valence-corrected chi connectivity index (χ1v) is 18.4. The van der Waals surface area contributed by atoms with Crippen LogP contribution in [0.2, 0.25) is 0 Å². The quantitative estimate of drug-likeness (QED) is 0.230. The molecule has 2 aliphatic heterocycles. The lowest BCUT2D eigenvalue weighted by atomic mass is 9.68. The summed E-state index contributed by atoms with van der Waals surface area (Å²) in [5, 5.41) is 13.0. The molecule has 2 aromatic rings. The van der Waals surface area contributed by atoms with Crippen molar-refractivity contribution in [1.82, 2.24) is 4.98 Å². The number of hydrogen-bond donors (Lipinski definition) is 1. The predicted octanol–water partition coefficient (Wildman–Crippen LogP) is 3.47. The zero-order chi connectivity index (χ0) is 42.2. The number of nitrogens with zero attached hydrogens (tertiary/aromatic N) is 1. The molecular formula is C41H47NO15. The number of fused-ring (bicyclic) bond motifs is 4. The molecule has 0 radical (unpaired) electrons. The van der Waals surface area contributed by atoms with E-state index in [2.05, 4.69) is 11.6 Å². The number of rotatable bonds is 8. The Morgan fingerprint density at radius 1 is 0.772 bits per heavy atom. The monoisotopic (exact) mass is 793 g/mol. The van der Waals surface area contributed by atoms with Crippen molar-refractivity contribution in [2.75, 3.05) is 0 Å². The predicted molar refractivity (Wildman–Crippen MR) is 194 cm³/mol. The van der Waals surface area contributed by atoms with Gasteiger partial charge in [-0.05, 0) is 36.6 Å². The van der Waals surface area contributed by atoms with E-state index in [4.69, 9.17) is 33.2 Å². The van der Waals surface area contributed by atoms with Gasteiger partial charge in [-0.3, -0.25) is 29.0 Å². The highest BCUT2D eigenvalue weighted by Gasteiger charge is 2.77. The van der Waals surface area contributed by atoms with Crippen molar-refractivity contribution in [3.8, 4) is 0 Å². The van der Waals surface area contributed by atoms with E-state index in [1.165, 1.54) is 57.4 Å². The Balaban J connectivity index is 1.89. The number of aromatic nitrogens is 1. The molecule has 0 spiro atoms. The molecule has 2 bridgehead atoms. The number of hydrogen-bond acceptors (Lipinski definition) is 16. The Morgan fingerprint density at radius 3 is 1.91 bits per heavy atom. The zero-order valence-corrected chi connectivity index (χ0v) is 32.9. The van der Waals surface area contributed by atoms with E-state index < -0.39 is 113 Å². The van der Waals surface area contributed by atoms with Crippen LogP contribution in [0.5, 0.6) is 0 Å². The van der Waals surface area contributed by atoms with Gasteiger partial charge in [0.2, 0.25) is 5.79 Å². The van der Waals surface area contributed by atoms with Gasteiger partial charge in [0, 0.05) is 51.1 Å². The van der Waals surface area contributed by atoms with E-state index in [0.717, 1.165) is 27.7 Å². The smallest absolute Gasteiger partial charge is 0.340 e. The first-order chi connectivity index (χ1) is 26.7. The standard InChI is InChI=1S/C41H47NO15/c1-20-18-40(56-26(7)46)29(31(20)51-23(4)43)32(52-24(5)44)21(2)33(53-25(6)45)34(54-37(48)27-14-11-10-12-15-27)36(55-38(49)28-16-13-17-42-19-28)39(8,9)35-30(47)22(3)41(40,50)57-35/h10-17,19-20,22,29,31-36,50H,2,18H2,1,3-9H3/t20-,22+,29?,31-,32-,33+,34+,35?,36+,40+,41+/m0/s1. The number of esters is 6. The Labute approximate surface area is 329 Å². The molecule has 57 heavy (non-hydrogen) atoms. The molecular weight excluding hydrogens is 746 g/mol. The van der Waals surface area contributed by atoms with Gasteiger partial charge in [-0.1, -0.05) is 52.5 Å². The van der Waals surface area contributed by atoms with Crippen molar-refractivity contribution in [2.24, 2.45) is 23.2 Å². The summed E-state index contributed by atoms with van der Waals surface area (Å²) in [6.07, 6.45) is -8.16. The SMILES string of the molecule is C=C1[C@@H](OC(C)=O)[C@@H](OC(=O)c2ccccc2)[C@@H](OC(=O)c2cccnc2)C(C)(C)C2O[C@](O)([C@H](C)C2=O)[C@@]2(OC(C)=O)C[C@H](C)[C@H](OC(C)=O)C2[C@H]1OC(C)=O. The molecule has 2 unspecified atom stereocenters. The Kier molecular flexibility index (Phi) is 12.1. The van der Waals surface area contributed by atoms with E-state index in [9.17, 15) is 38.7 Å².